The van der Waals surface area contributed by atoms with Crippen molar-refractivity contribution in [1.82, 2.24) is 14.8 Å². The minimum Gasteiger partial charge on any atom is -0.389 e. The number of aromatic nitrogens is 3. The normalized spacial score (nSPS) is 20.3. The third kappa shape index (κ3) is 5.76. The van der Waals surface area contributed by atoms with E-state index in [1.165, 1.54) is 24.2 Å². The number of hydrogen-bond acceptors (Lipinski definition) is 7. The smallest absolute Gasteiger partial charge is 0.277 e. The Labute approximate surface area is 169 Å². The summed E-state index contributed by atoms with van der Waals surface area (Å²) in [6.07, 6.45) is 11.4. The summed E-state index contributed by atoms with van der Waals surface area (Å²) in [6, 6.07) is 0.400. The standard InChI is InChI=1S/C13H17N5OS.C6H13NO/c1-18-7-9(6-15-18)16-12(19)10-11(14)20-13(17-10)8-4-2-3-5-8;7-6-2-1-4-8-5-3-6/h6-8H,2-5,14H2,1H3,(H,16,19);6H,1-5,7H2. The van der Waals surface area contributed by atoms with Gasteiger partial charge in [0, 0.05) is 38.4 Å². The van der Waals surface area contributed by atoms with Gasteiger partial charge in [0.15, 0.2) is 5.69 Å². The third-order valence-corrected chi connectivity index (χ3v) is 6.10. The minimum absolute atomic E-state index is 0.268. The van der Waals surface area contributed by atoms with E-state index in [9.17, 15) is 4.79 Å². The zero-order valence-electron chi connectivity index (χ0n) is 16.4. The van der Waals surface area contributed by atoms with Crippen LogP contribution in [0.25, 0.3) is 0 Å². The maximum absolute atomic E-state index is 12.2. The number of nitrogens with two attached hydrogens (primary N) is 2. The summed E-state index contributed by atoms with van der Waals surface area (Å²) < 4.78 is 6.81. The summed E-state index contributed by atoms with van der Waals surface area (Å²) in [5.41, 5.74) is 12.6. The van der Waals surface area contributed by atoms with Crippen molar-refractivity contribution in [2.45, 2.75) is 56.9 Å². The zero-order valence-corrected chi connectivity index (χ0v) is 17.2. The molecule has 0 bridgehead atoms. The Bertz CT molecular complexity index is 760. The van der Waals surface area contributed by atoms with Gasteiger partial charge in [-0.1, -0.05) is 12.8 Å². The molecule has 154 valence electrons. The molecule has 1 unspecified atom stereocenters. The van der Waals surface area contributed by atoms with Gasteiger partial charge in [-0.15, -0.1) is 11.3 Å². The van der Waals surface area contributed by atoms with Crippen molar-refractivity contribution in [3.05, 3.63) is 23.1 Å². The molecule has 5 N–H and O–H groups in total. The van der Waals surface area contributed by atoms with Crippen LogP contribution >= 0.6 is 11.3 Å². The Morgan fingerprint density at radius 3 is 2.75 bits per heavy atom. The van der Waals surface area contributed by atoms with Gasteiger partial charge in [0.05, 0.1) is 16.9 Å². The predicted octanol–water partition coefficient (Wildman–Crippen LogP) is 2.88. The van der Waals surface area contributed by atoms with Crippen LogP contribution in [0.15, 0.2) is 12.4 Å². The van der Waals surface area contributed by atoms with Gasteiger partial charge in [-0.3, -0.25) is 9.48 Å². The van der Waals surface area contributed by atoms with Crippen LogP contribution in [-0.2, 0) is 11.8 Å². The lowest BCUT2D eigenvalue weighted by Gasteiger charge is -2.02. The molecular weight excluding hydrogens is 376 g/mol. The SMILES string of the molecule is Cn1cc(NC(=O)c2nc(C3CCCC3)sc2N)cn1.NC1CCCOCC1. The van der Waals surface area contributed by atoms with Crippen LogP contribution in [0.1, 0.15) is 66.4 Å². The fourth-order valence-electron chi connectivity index (χ4n) is 3.46. The highest BCUT2D eigenvalue weighted by Crippen LogP contribution is 2.38. The van der Waals surface area contributed by atoms with Crippen LogP contribution in [0, 0.1) is 0 Å². The van der Waals surface area contributed by atoms with E-state index in [4.69, 9.17) is 16.2 Å². The second-order valence-corrected chi connectivity index (χ2v) is 8.47. The zero-order chi connectivity index (χ0) is 19.9. The van der Waals surface area contributed by atoms with Crippen LogP contribution in [0.3, 0.4) is 0 Å². The van der Waals surface area contributed by atoms with Crippen LogP contribution in [0.2, 0.25) is 0 Å². The average molecular weight is 407 g/mol. The molecule has 1 amide bonds. The number of hydrogen-bond donors (Lipinski definition) is 3. The lowest BCUT2D eigenvalue weighted by atomic mass is 10.1. The van der Waals surface area contributed by atoms with Crippen LogP contribution in [0.4, 0.5) is 10.7 Å². The second-order valence-electron chi connectivity index (χ2n) is 7.41. The molecule has 8 nitrogen and oxygen atoms in total. The van der Waals surface area contributed by atoms with Crippen molar-refractivity contribution in [2.24, 2.45) is 12.8 Å². The van der Waals surface area contributed by atoms with E-state index in [-0.39, 0.29) is 5.91 Å². The largest absolute Gasteiger partial charge is 0.389 e. The number of thiazole rings is 1. The fraction of sp³-hybridized carbons (Fsp3) is 0.632. The molecular formula is C19H30N6O2S. The molecule has 4 rings (SSSR count). The van der Waals surface area contributed by atoms with Gasteiger partial charge in [-0.2, -0.15) is 5.10 Å². The summed E-state index contributed by atoms with van der Waals surface area (Å²) in [7, 11) is 1.80. The molecule has 0 radical (unpaired) electrons. The first-order valence-corrected chi connectivity index (χ1v) is 10.7. The van der Waals surface area contributed by atoms with E-state index in [2.05, 4.69) is 15.4 Å². The minimum atomic E-state index is -0.268. The van der Waals surface area contributed by atoms with Crippen molar-refractivity contribution in [3.8, 4) is 0 Å². The summed E-state index contributed by atoms with van der Waals surface area (Å²) in [5, 5.41) is 8.26. The van der Waals surface area contributed by atoms with Gasteiger partial charge in [0.25, 0.3) is 5.91 Å². The number of amides is 1. The van der Waals surface area contributed by atoms with E-state index in [1.807, 2.05) is 0 Å². The average Bonchev–Trinajstić information content (AvgIpc) is 3.37. The number of carbonyl (C=O) groups is 1. The Morgan fingerprint density at radius 1 is 1.25 bits per heavy atom. The number of anilines is 2. The quantitative estimate of drug-likeness (QED) is 0.721. The molecule has 1 saturated carbocycles. The molecule has 1 saturated heterocycles. The fourth-order valence-corrected chi connectivity index (χ4v) is 4.46. The molecule has 28 heavy (non-hydrogen) atoms. The van der Waals surface area contributed by atoms with Gasteiger partial charge in [-0.05, 0) is 32.1 Å². The Balaban J connectivity index is 0.000000236. The van der Waals surface area contributed by atoms with Gasteiger partial charge in [0.2, 0.25) is 0 Å². The first-order chi connectivity index (χ1) is 13.5. The monoisotopic (exact) mass is 406 g/mol. The predicted molar refractivity (Wildman–Crippen MR) is 112 cm³/mol. The van der Waals surface area contributed by atoms with Crippen LogP contribution < -0.4 is 16.8 Å². The van der Waals surface area contributed by atoms with Crippen LogP contribution in [-0.4, -0.2) is 39.9 Å². The highest BCUT2D eigenvalue weighted by atomic mass is 32.1. The van der Waals surface area contributed by atoms with Gasteiger partial charge in [0.1, 0.15) is 5.00 Å². The number of nitrogens with zero attached hydrogens (tertiary/aromatic N) is 3. The lowest BCUT2D eigenvalue weighted by Crippen LogP contribution is -2.19. The van der Waals surface area contributed by atoms with E-state index >= 15 is 0 Å². The van der Waals surface area contributed by atoms with Crippen molar-refractivity contribution in [2.75, 3.05) is 24.3 Å². The maximum atomic E-state index is 12.2. The van der Waals surface area contributed by atoms with Crippen molar-refractivity contribution in [3.63, 3.8) is 0 Å². The highest BCUT2D eigenvalue weighted by molar-refractivity contribution is 7.16. The Morgan fingerprint density at radius 2 is 2.04 bits per heavy atom. The molecule has 0 aromatic carbocycles. The third-order valence-electron chi connectivity index (χ3n) is 5.05. The number of nitrogens with one attached hydrogen (secondary N) is 1. The lowest BCUT2D eigenvalue weighted by molar-refractivity contribution is 0.102. The van der Waals surface area contributed by atoms with Crippen molar-refractivity contribution >= 4 is 27.9 Å². The highest BCUT2D eigenvalue weighted by Gasteiger charge is 2.24. The van der Waals surface area contributed by atoms with Crippen molar-refractivity contribution < 1.29 is 9.53 Å². The molecule has 9 heteroatoms. The first kappa shape index (κ1) is 20.8. The molecule has 2 fully saturated rings. The molecule has 3 heterocycles. The molecule has 2 aromatic heterocycles. The second kappa shape index (κ2) is 9.99. The topological polar surface area (TPSA) is 121 Å². The van der Waals surface area contributed by atoms with Gasteiger partial charge in [-0.25, -0.2) is 4.98 Å². The number of ether oxygens (including phenoxy) is 1. The molecule has 1 aliphatic carbocycles. The van der Waals surface area contributed by atoms with Crippen LogP contribution in [0.5, 0.6) is 0 Å². The van der Waals surface area contributed by atoms with Gasteiger partial charge < -0.3 is 21.5 Å². The number of nitrogen functional groups attached to an aromatic ring is 1. The maximum Gasteiger partial charge on any atom is 0.277 e. The van der Waals surface area contributed by atoms with E-state index in [0.717, 1.165) is 50.3 Å². The first-order valence-electron chi connectivity index (χ1n) is 9.92. The number of aryl methyl sites for hydroxylation is 1. The van der Waals surface area contributed by atoms with E-state index in [0.29, 0.717) is 28.3 Å². The Hall–Kier alpha value is -1.97. The van der Waals surface area contributed by atoms with E-state index in [1.54, 1.807) is 24.1 Å². The molecule has 2 aliphatic rings. The van der Waals surface area contributed by atoms with Gasteiger partial charge >= 0.3 is 0 Å². The summed E-state index contributed by atoms with van der Waals surface area (Å²) in [4.78, 5) is 16.6. The summed E-state index contributed by atoms with van der Waals surface area (Å²) in [6.45, 7) is 1.77. The number of carbonyl (C=O) groups excluding carboxylic acids is 1. The van der Waals surface area contributed by atoms with E-state index < -0.39 is 0 Å². The summed E-state index contributed by atoms with van der Waals surface area (Å²) >= 11 is 1.44. The Kier molecular flexibility index (Phi) is 7.41. The molecule has 2 aromatic rings. The molecule has 1 aliphatic heterocycles. The molecule has 0 spiro atoms. The molecule has 1 atom stereocenters. The number of rotatable bonds is 3. The van der Waals surface area contributed by atoms with Crippen molar-refractivity contribution in [1.29, 1.82) is 0 Å². The summed E-state index contributed by atoms with van der Waals surface area (Å²) in [5.74, 6) is 0.207.